The van der Waals surface area contributed by atoms with Crippen molar-refractivity contribution in [2.45, 2.75) is 6.42 Å². The molecule has 0 saturated heterocycles. The highest BCUT2D eigenvalue weighted by atomic mass is 16.5. The van der Waals surface area contributed by atoms with E-state index in [1.54, 1.807) is 12.3 Å². The van der Waals surface area contributed by atoms with Gasteiger partial charge in [-0.15, -0.1) is 0 Å². The van der Waals surface area contributed by atoms with Gasteiger partial charge in [0.25, 0.3) is 0 Å². The van der Waals surface area contributed by atoms with Crippen molar-refractivity contribution in [1.82, 2.24) is 9.97 Å². The Labute approximate surface area is 76.2 Å². The van der Waals surface area contributed by atoms with Crippen molar-refractivity contribution >= 4 is 11.8 Å². The van der Waals surface area contributed by atoms with Gasteiger partial charge in [-0.25, -0.2) is 9.97 Å². The molecule has 1 N–H and O–H groups in total. The van der Waals surface area contributed by atoms with E-state index in [0.717, 1.165) is 0 Å². The van der Waals surface area contributed by atoms with Crippen LogP contribution in [0.5, 0.6) is 0 Å². The molecule has 0 atom stereocenters. The van der Waals surface area contributed by atoms with Crippen molar-refractivity contribution in [2.24, 2.45) is 0 Å². The number of nitrogens with one attached hydrogen (secondary N) is 1. The fraction of sp³-hybridized carbons (Fsp3) is 0.375. The van der Waals surface area contributed by atoms with E-state index in [9.17, 15) is 4.79 Å². The number of carbonyl (C=O) groups excluding carboxylic acids is 1. The topological polar surface area (TPSA) is 64.1 Å². The lowest BCUT2D eigenvalue weighted by molar-refractivity contribution is -0.140. The van der Waals surface area contributed by atoms with Crippen LogP contribution >= 0.6 is 0 Å². The Bertz CT molecular complexity index is 263. The first-order valence-electron chi connectivity index (χ1n) is 3.82. The lowest BCUT2D eigenvalue weighted by Gasteiger charge is -2.02. The molecule has 1 rings (SSSR count). The summed E-state index contributed by atoms with van der Waals surface area (Å²) in [4.78, 5) is 18.1. The van der Waals surface area contributed by atoms with Gasteiger partial charge in [-0.05, 0) is 6.07 Å². The molecule has 0 unspecified atom stereocenters. The average molecular weight is 180 g/mol. The molecule has 0 saturated carbocycles. The van der Waals surface area contributed by atoms with Crippen LogP contribution in [0.1, 0.15) is 6.42 Å². The van der Waals surface area contributed by atoms with E-state index in [0.29, 0.717) is 18.8 Å². The van der Waals surface area contributed by atoms with Crippen molar-refractivity contribution < 1.29 is 9.53 Å². The normalized spacial score (nSPS) is 9.31. The molecule has 0 aliphatic heterocycles. The molecular weight excluding hydrogens is 170 g/mol. The Morgan fingerprint density at radius 2 is 2.62 bits per heavy atom. The first kappa shape index (κ1) is 9.44. The second-order valence-corrected chi connectivity index (χ2v) is 2.29. The SMILES string of the molecule is COC(=O)CCNc1ccn[c]n1. The summed E-state index contributed by atoms with van der Waals surface area (Å²) in [5.41, 5.74) is 0. The summed E-state index contributed by atoms with van der Waals surface area (Å²) in [6.07, 6.45) is 4.33. The molecule has 0 spiro atoms. The molecule has 0 aliphatic rings. The summed E-state index contributed by atoms with van der Waals surface area (Å²) in [6, 6.07) is 1.70. The first-order valence-corrected chi connectivity index (χ1v) is 3.82. The van der Waals surface area contributed by atoms with Crippen LogP contribution in [0.15, 0.2) is 12.3 Å². The van der Waals surface area contributed by atoms with Gasteiger partial charge in [-0.1, -0.05) is 0 Å². The number of nitrogens with zero attached hydrogens (tertiary/aromatic N) is 2. The van der Waals surface area contributed by atoms with E-state index in [1.807, 2.05) is 0 Å². The van der Waals surface area contributed by atoms with Gasteiger partial charge in [-0.2, -0.15) is 0 Å². The zero-order valence-electron chi connectivity index (χ0n) is 7.28. The first-order chi connectivity index (χ1) is 6.33. The van der Waals surface area contributed by atoms with E-state index in [4.69, 9.17) is 0 Å². The van der Waals surface area contributed by atoms with Gasteiger partial charge in [0, 0.05) is 12.7 Å². The predicted molar refractivity (Wildman–Crippen MR) is 46.0 cm³/mol. The highest BCUT2D eigenvalue weighted by Crippen LogP contribution is 1.97. The average Bonchev–Trinajstić information content (AvgIpc) is 2.19. The maximum Gasteiger partial charge on any atom is 0.307 e. The highest BCUT2D eigenvalue weighted by Gasteiger charge is 1.98. The summed E-state index contributed by atoms with van der Waals surface area (Å²) >= 11 is 0. The van der Waals surface area contributed by atoms with Gasteiger partial charge in [0.05, 0.1) is 13.5 Å². The predicted octanol–water partition coefficient (Wildman–Crippen LogP) is 0.252. The Morgan fingerprint density at radius 3 is 3.23 bits per heavy atom. The molecule has 0 aliphatic carbocycles. The van der Waals surface area contributed by atoms with E-state index in [1.165, 1.54) is 7.11 Å². The smallest absolute Gasteiger partial charge is 0.307 e. The number of hydrogen-bond acceptors (Lipinski definition) is 5. The number of aromatic nitrogens is 2. The van der Waals surface area contributed by atoms with Gasteiger partial charge in [0.15, 0.2) is 6.33 Å². The van der Waals surface area contributed by atoms with Crippen LogP contribution in [-0.4, -0.2) is 29.6 Å². The minimum atomic E-state index is -0.245. The number of methoxy groups -OCH3 is 1. The Hall–Kier alpha value is -1.65. The van der Waals surface area contributed by atoms with Gasteiger partial charge in [-0.3, -0.25) is 4.79 Å². The summed E-state index contributed by atoms with van der Waals surface area (Å²) in [5, 5.41) is 2.93. The molecule has 0 bridgehead atoms. The Kier molecular flexibility index (Phi) is 3.69. The third-order valence-corrected chi connectivity index (χ3v) is 1.40. The lowest BCUT2D eigenvalue weighted by atomic mass is 10.4. The zero-order valence-corrected chi connectivity index (χ0v) is 7.28. The second kappa shape index (κ2) is 5.08. The molecule has 0 amide bonds. The molecule has 13 heavy (non-hydrogen) atoms. The van der Waals surface area contributed by atoms with Crippen LogP contribution in [-0.2, 0) is 9.53 Å². The molecular formula is C8H10N3O2. The minimum Gasteiger partial charge on any atom is -0.469 e. The molecule has 69 valence electrons. The van der Waals surface area contributed by atoms with Crippen molar-refractivity contribution in [3.8, 4) is 0 Å². The molecule has 0 aromatic carbocycles. The van der Waals surface area contributed by atoms with Crippen LogP contribution < -0.4 is 5.32 Å². The van der Waals surface area contributed by atoms with Crippen LogP contribution in [0.25, 0.3) is 0 Å². The third-order valence-electron chi connectivity index (χ3n) is 1.40. The fourth-order valence-corrected chi connectivity index (χ4v) is 0.754. The van der Waals surface area contributed by atoms with Gasteiger partial charge >= 0.3 is 5.97 Å². The summed E-state index contributed by atoms with van der Waals surface area (Å²) in [7, 11) is 1.36. The van der Waals surface area contributed by atoms with Gasteiger partial charge in [0.1, 0.15) is 5.82 Å². The number of carbonyl (C=O) groups is 1. The van der Waals surface area contributed by atoms with Gasteiger partial charge < -0.3 is 10.1 Å². The van der Waals surface area contributed by atoms with Gasteiger partial charge in [0.2, 0.25) is 0 Å². The Balaban J connectivity index is 2.24. The van der Waals surface area contributed by atoms with Crippen molar-refractivity contribution in [3.05, 3.63) is 18.6 Å². The van der Waals surface area contributed by atoms with E-state index >= 15 is 0 Å². The van der Waals surface area contributed by atoms with Crippen molar-refractivity contribution in [3.63, 3.8) is 0 Å². The molecule has 5 heteroatoms. The zero-order chi connectivity index (χ0) is 9.52. The number of rotatable bonds is 4. The molecule has 0 fully saturated rings. The highest BCUT2D eigenvalue weighted by molar-refractivity contribution is 5.69. The summed E-state index contributed by atoms with van der Waals surface area (Å²) in [6.45, 7) is 0.498. The standard InChI is InChI=1S/C8H10N3O2/c1-13-8(12)3-5-10-7-2-4-9-6-11-7/h2,4H,3,5H2,1H3,(H,9,10,11). The lowest BCUT2D eigenvalue weighted by Crippen LogP contribution is -2.10. The maximum absolute atomic E-state index is 10.7. The molecule has 5 nitrogen and oxygen atoms in total. The van der Waals surface area contributed by atoms with Crippen LogP contribution in [0, 0.1) is 6.33 Å². The molecule has 1 radical (unpaired) electrons. The Morgan fingerprint density at radius 1 is 1.77 bits per heavy atom. The van der Waals surface area contributed by atoms with Crippen molar-refractivity contribution in [1.29, 1.82) is 0 Å². The number of esters is 1. The van der Waals surface area contributed by atoms with Crippen LogP contribution in [0.4, 0.5) is 5.82 Å². The minimum absolute atomic E-state index is 0.245. The summed E-state index contributed by atoms with van der Waals surface area (Å²) < 4.78 is 4.47. The monoisotopic (exact) mass is 180 g/mol. The molecule has 1 aromatic rings. The second-order valence-electron chi connectivity index (χ2n) is 2.29. The maximum atomic E-state index is 10.7. The quantitative estimate of drug-likeness (QED) is 0.673. The van der Waals surface area contributed by atoms with E-state index < -0.39 is 0 Å². The fourth-order valence-electron chi connectivity index (χ4n) is 0.754. The van der Waals surface area contributed by atoms with Crippen LogP contribution in [0.3, 0.4) is 0 Å². The third kappa shape index (κ3) is 3.50. The summed E-state index contributed by atoms with van der Waals surface area (Å²) in [5.74, 6) is 0.407. The van der Waals surface area contributed by atoms with E-state index in [2.05, 4.69) is 26.3 Å². The van der Waals surface area contributed by atoms with Crippen LogP contribution in [0.2, 0.25) is 0 Å². The van der Waals surface area contributed by atoms with Crippen molar-refractivity contribution in [2.75, 3.05) is 19.0 Å². The number of ether oxygens (including phenoxy) is 1. The largest absolute Gasteiger partial charge is 0.469 e. The molecule has 1 aromatic heterocycles. The molecule has 1 heterocycles. The number of hydrogen-bond donors (Lipinski definition) is 1. The van der Waals surface area contributed by atoms with E-state index in [-0.39, 0.29) is 5.97 Å². The number of anilines is 1.